The molecule has 0 radical (unpaired) electrons. The van der Waals surface area contributed by atoms with Crippen molar-refractivity contribution in [3.8, 4) is 17.5 Å². The minimum atomic E-state index is -1.15. The molecule has 0 saturated carbocycles. The fourth-order valence-corrected chi connectivity index (χ4v) is 2.12. The lowest BCUT2D eigenvalue weighted by atomic mass is 10.2. The molecule has 0 aliphatic rings. The van der Waals surface area contributed by atoms with Crippen molar-refractivity contribution in [3.05, 3.63) is 52.8 Å². The lowest BCUT2D eigenvalue weighted by molar-refractivity contribution is -0.130. The zero-order chi connectivity index (χ0) is 14.7. The van der Waals surface area contributed by atoms with Crippen molar-refractivity contribution in [2.45, 2.75) is 13.8 Å². The number of carbonyl (C=O) groups excluding carboxylic acids is 1. The summed E-state index contributed by atoms with van der Waals surface area (Å²) in [5, 5.41) is 8.50. The molecule has 4 heteroatoms. The fourth-order valence-electron chi connectivity index (χ4n) is 2.12. The predicted molar refractivity (Wildman–Crippen MR) is 75.1 cm³/mol. The van der Waals surface area contributed by atoms with Crippen molar-refractivity contribution in [1.82, 2.24) is 4.57 Å². The van der Waals surface area contributed by atoms with Crippen LogP contribution in [0.1, 0.15) is 27.3 Å². The minimum absolute atomic E-state index is 0.634. The Morgan fingerprint density at radius 1 is 1.25 bits per heavy atom. The normalized spacial score (nSPS) is 9.70. The third kappa shape index (κ3) is 2.62. The third-order valence-corrected chi connectivity index (χ3v) is 3.04. The van der Waals surface area contributed by atoms with Crippen LogP contribution in [0, 0.1) is 25.7 Å². The van der Waals surface area contributed by atoms with E-state index in [1.165, 1.54) is 0 Å². The molecule has 0 atom stereocenters. The first-order valence-corrected chi connectivity index (χ1v) is 6.02. The number of carboxylic acid groups (broad SMARTS) is 1. The van der Waals surface area contributed by atoms with Gasteiger partial charge in [0.25, 0.3) is 0 Å². The lowest BCUT2D eigenvalue weighted by Gasteiger charge is -2.09. The van der Waals surface area contributed by atoms with Gasteiger partial charge in [-0.2, -0.15) is 0 Å². The predicted octanol–water partition coefficient (Wildman–Crippen LogP) is 2.34. The largest absolute Gasteiger partial charge is 0.472 e. The van der Waals surface area contributed by atoms with Crippen LogP contribution in [0.4, 0.5) is 0 Å². The van der Waals surface area contributed by atoms with E-state index in [-0.39, 0.29) is 0 Å². The molecule has 0 unspecified atom stereocenters. The van der Waals surface area contributed by atoms with E-state index in [1.54, 1.807) is 12.1 Å². The van der Waals surface area contributed by atoms with Gasteiger partial charge in [-0.25, -0.2) is 4.79 Å². The molecule has 0 saturated heterocycles. The quantitative estimate of drug-likeness (QED) is 0.671. The number of carboxylic acids is 1. The second-order valence-corrected chi connectivity index (χ2v) is 4.38. The molecule has 0 aliphatic heterocycles. The molecule has 0 bridgehead atoms. The van der Waals surface area contributed by atoms with Crippen molar-refractivity contribution >= 4 is 12.3 Å². The van der Waals surface area contributed by atoms with E-state index in [1.807, 2.05) is 36.6 Å². The number of aldehydes is 1. The number of hydrogen-bond acceptors (Lipinski definition) is 2. The summed E-state index contributed by atoms with van der Waals surface area (Å²) in [5.41, 5.74) is 4.05. The van der Waals surface area contributed by atoms with E-state index >= 15 is 0 Å². The van der Waals surface area contributed by atoms with Gasteiger partial charge in [0.15, 0.2) is 6.29 Å². The number of aryl methyl sites for hydroxylation is 1. The number of benzene rings is 1. The van der Waals surface area contributed by atoms with Crippen LogP contribution in [0.25, 0.3) is 5.69 Å². The Hall–Kier alpha value is -2.80. The summed E-state index contributed by atoms with van der Waals surface area (Å²) in [6.07, 6.45) is 0.839. The van der Waals surface area contributed by atoms with Crippen molar-refractivity contribution < 1.29 is 14.7 Å². The van der Waals surface area contributed by atoms with Crippen molar-refractivity contribution in [3.63, 3.8) is 0 Å². The Balaban J connectivity index is 2.41. The average molecular weight is 267 g/mol. The highest BCUT2D eigenvalue weighted by atomic mass is 16.4. The second kappa shape index (κ2) is 5.45. The Morgan fingerprint density at radius 3 is 2.40 bits per heavy atom. The van der Waals surface area contributed by atoms with Gasteiger partial charge in [0.1, 0.15) is 0 Å². The number of nitrogens with zero attached hydrogens (tertiary/aromatic N) is 1. The second-order valence-electron chi connectivity index (χ2n) is 4.38. The summed E-state index contributed by atoms with van der Waals surface area (Å²) >= 11 is 0. The molecule has 4 nitrogen and oxygen atoms in total. The Kier molecular flexibility index (Phi) is 3.72. The maximum atomic E-state index is 10.9. The SMILES string of the molecule is Cc1cc(C=O)c(C)n1-c1ccc(C#CC(=O)O)cc1. The van der Waals surface area contributed by atoms with Gasteiger partial charge < -0.3 is 9.67 Å². The maximum Gasteiger partial charge on any atom is 0.382 e. The molecule has 0 fully saturated rings. The molecule has 20 heavy (non-hydrogen) atoms. The smallest absolute Gasteiger partial charge is 0.382 e. The number of aromatic nitrogens is 1. The molecule has 1 aromatic carbocycles. The Labute approximate surface area is 116 Å². The summed E-state index contributed by atoms with van der Waals surface area (Å²) in [5.74, 6) is 3.47. The summed E-state index contributed by atoms with van der Waals surface area (Å²) in [6, 6.07) is 9.04. The fraction of sp³-hybridized carbons (Fsp3) is 0.125. The molecule has 1 heterocycles. The minimum Gasteiger partial charge on any atom is -0.472 e. The molecule has 2 aromatic rings. The van der Waals surface area contributed by atoms with Crippen LogP contribution >= 0.6 is 0 Å². The first-order valence-electron chi connectivity index (χ1n) is 6.02. The molecule has 0 aliphatic carbocycles. The van der Waals surface area contributed by atoms with Crippen LogP contribution in [0.5, 0.6) is 0 Å². The lowest BCUT2D eigenvalue weighted by Crippen LogP contribution is -1.99. The average Bonchev–Trinajstić information content (AvgIpc) is 2.72. The first-order chi connectivity index (χ1) is 9.52. The number of aliphatic carboxylic acids is 1. The van der Waals surface area contributed by atoms with Crippen molar-refractivity contribution in [1.29, 1.82) is 0 Å². The van der Waals surface area contributed by atoms with Gasteiger partial charge in [0, 0.05) is 34.1 Å². The van der Waals surface area contributed by atoms with E-state index in [4.69, 9.17) is 5.11 Å². The number of rotatable bonds is 2. The van der Waals surface area contributed by atoms with E-state index in [9.17, 15) is 9.59 Å². The molecule has 0 spiro atoms. The summed E-state index contributed by atoms with van der Waals surface area (Å²) in [4.78, 5) is 21.3. The van der Waals surface area contributed by atoms with E-state index in [0.717, 1.165) is 23.4 Å². The standard InChI is InChI=1S/C16H13NO3/c1-11-9-14(10-18)12(2)17(11)15-6-3-13(4-7-15)5-8-16(19)20/h3-4,6-7,9-10H,1-2H3,(H,19,20). The highest BCUT2D eigenvalue weighted by Gasteiger charge is 2.09. The van der Waals surface area contributed by atoms with Crippen LogP contribution in [0.3, 0.4) is 0 Å². The molecular weight excluding hydrogens is 254 g/mol. The third-order valence-electron chi connectivity index (χ3n) is 3.04. The molecular formula is C16H13NO3. The van der Waals surface area contributed by atoms with Gasteiger partial charge in [-0.15, -0.1) is 0 Å². The topological polar surface area (TPSA) is 59.3 Å². The molecule has 2 rings (SSSR count). The van der Waals surface area contributed by atoms with E-state index in [0.29, 0.717) is 11.1 Å². The van der Waals surface area contributed by atoms with Crippen molar-refractivity contribution in [2.75, 3.05) is 0 Å². The summed E-state index contributed by atoms with van der Waals surface area (Å²) in [6.45, 7) is 3.81. The van der Waals surface area contributed by atoms with Gasteiger partial charge >= 0.3 is 5.97 Å². The van der Waals surface area contributed by atoms with E-state index < -0.39 is 5.97 Å². The van der Waals surface area contributed by atoms with Gasteiger partial charge in [-0.1, -0.05) is 5.92 Å². The highest BCUT2D eigenvalue weighted by Crippen LogP contribution is 2.19. The van der Waals surface area contributed by atoms with E-state index in [2.05, 4.69) is 11.8 Å². The Morgan fingerprint density at radius 2 is 1.90 bits per heavy atom. The van der Waals surface area contributed by atoms with Gasteiger partial charge in [-0.05, 0) is 44.2 Å². The van der Waals surface area contributed by atoms with Crippen LogP contribution in [-0.2, 0) is 4.79 Å². The summed E-state index contributed by atoms with van der Waals surface area (Å²) in [7, 11) is 0. The molecule has 1 N–H and O–H groups in total. The van der Waals surface area contributed by atoms with Gasteiger partial charge in [0.2, 0.25) is 0 Å². The van der Waals surface area contributed by atoms with Crippen LogP contribution in [0.15, 0.2) is 30.3 Å². The van der Waals surface area contributed by atoms with Gasteiger partial charge in [0.05, 0.1) is 0 Å². The zero-order valence-electron chi connectivity index (χ0n) is 11.2. The number of hydrogen-bond donors (Lipinski definition) is 1. The molecule has 100 valence electrons. The van der Waals surface area contributed by atoms with Crippen molar-refractivity contribution in [2.24, 2.45) is 0 Å². The molecule has 0 amide bonds. The molecule has 1 aromatic heterocycles. The summed E-state index contributed by atoms with van der Waals surface area (Å²) < 4.78 is 1.97. The monoisotopic (exact) mass is 267 g/mol. The highest BCUT2D eigenvalue weighted by molar-refractivity contribution is 5.87. The maximum absolute atomic E-state index is 10.9. The van der Waals surface area contributed by atoms with Gasteiger partial charge in [-0.3, -0.25) is 4.79 Å². The Bertz CT molecular complexity index is 728. The first kappa shape index (κ1) is 13.6. The van der Waals surface area contributed by atoms with Crippen LogP contribution in [0.2, 0.25) is 0 Å². The number of carbonyl (C=O) groups is 2. The zero-order valence-corrected chi connectivity index (χ0v) is 11.2. The van der Waals surface area contributed by atoms with Crippen LogP contribution < -0.4 is 0 Å². The van der Waals surface area contributed by atoms with Crippen LogP contribution in [-0.4, -0.2) is 21.9 Å².